The normalized spacial score (nSPS) is 15.8. The first kappa shape index (κ1) is 10.3. The van der Waals surface area contributed by atoms with Gasteiger partial charge in [0.05, 0.1) is 6.61 Å². The van der Waals surface area contributed by atoms with Crippen LogP contribution in [0.4, 0.5) is 5.69 Å². The van der Waals surface area contributed by atoms with Crippen LogP contribution in [0.15, 0.2) is 24.3 Å². The van der Waals surface area contributed by atoms with Crippen LogP contribution in [0.25, 0.3) is 0 Å². The van der Waals surface area contributed by atoms with Gasteiger partial charge in [0, 0.05) is 12.2 Å². The maximum absolute atomic E-state index is 5.39. The Balaban J connectivity index is 1.80. The predicted octanol–water partition coefficient (Wildman–Crippen LogP) is 3.30. The average molecular weight is 205 g/mol. The van der Waals surface area contributed by atoms with E-state index < -0.39 is 0 Å². The number of benzene rings is 1. The summed E-state index contributed by atoms with van der Waals surface area (Å²) in [6, 6.07) is 8.21. The minimum Gasteiger partial charge on any atom is -0.494 e. The van der Waals surface area contributed by atoms with Crippen molar-refractivity contribution in [3.05, 3.63) is 24.3 Å². The van der Waals surface area contributed by atoms with Crippen molar-refractivity contribution in [2.24, 2.45) is 5.92 Å². The molecule has 2 rings (SSSR count). The molecule has 0 spiro atoms. The van der Waals surface area contributed by atoms with E-state index in [9.17, 15) is 0 Å². The molecule has 0 unspecified atom stereocenters. The molecular formula is C13H19NO. The summed E-state index contributed by atoms with van der Waals surface area (Å²) in [4.78, 5) is 0. The summed E-state index contributed by atoms with van der Waals surface area (Å²) in [7, 11) is 0. The highest BCUT2D eigenvalue weighted by molar-refractivity contribution is 5.46. The van der Waals surface area contributed by atoms with Crippen molar-refractivity contribution in [3.8, 4) is 5.75 Å². The van der Waals surface area contributed by atoms with Crippen LogP contribution in [0.1, 0.15) is 26.2 Å². The van der Waals surface area contributed by atoms with Crippen LogP contribution in [0, 0.1) is 5.92 Å². The topological polar surface area (TPSA) is 21.3 Å². The van der Waals surface area contributed by atoms with E-state index in [0.717, 1.165) is 24.8 Å². The maximum atomic E-state index is 5.39. The Bertz CT molecular complexity index is 290. The Kier molecular flexibility index (Phi) is 3.49. The Morgan fingerprint density at radius 2 is 2.00 bits per heavy atom. The highest BCUT2D eigenvalue weighted by Crippen LogP contribution is 2.26. The van der Waals surface area contributed by atoms with Crippen LogP contribution >= 0.6 is 0 Å². The molecule has 1 fully saturated rings. The lowest BCUT2D eigenvalue weighted by Gasteiger charge is -2.25. The summed E-state index contributed by atoms with van der Waals surface area (Å²) >= 11 is 0. The largest absolute Gasteiger partial charge is 0.494 e. The lowest BCUT2D eigenvalue weighted by atomic mass is 9.85. The van der Waals surface area contributed by atoms with Crippen molar-refractivity contribution < 1.29 is 4.74 Å². The van der Waals surface area contributed by atoms with Crippen molar-refractivity contribution in [2.45, 2.75) is 26.2 Å². The number of anilines is 1. The number of rotatable bonds is 5. The van der Waals surface area contributed by atoms with Crippen LogP contribution < -0.4 is 10.1 Å². The van der Waals surface area contributed by atoms with Crippen LogP contribution in [-0.4, -0.2) is 13.2 Å². The lowest BCUT2D eigenvalue weighted by molar-refractivity contribution is 0.333. The van der Waals surface area contributed by atoms with E-state index in [4.69, 9.17) is 4.74 Å². The number of hydrogen-bond donors (Lipinski definition) is 1. The van der Waals surface area contributed by atoms with Crippen LogP contribution in [0.2, 0.25) is 0 Å². The van der Waals surface area contributed by atoms with Crippen molar-refractivity contribution in [3.63, 3.8) is 0 Å². The van der Waals surface area contributed by atoms with E-state index in [0.29, 0.717) is 0 Å². The first-order valence-electron chi connectivity index (χ1n) is 5.85. The SMILES string of the molecule is CCOc1ccc(NCC2CCC2)cc1. The molecule has 0 bridgehead atoms. The lowest BCUT2D eigenvalue weighted by Crippen LogP contribution is -2.20. The third-order valence-electron chi connectivity index (χ3n) is 2.98. The number of nitrogens with one attached hydrogen (secondary N) is 1. The summed E-state index contributed by atoms with van der Waals surface area (Å²) in [6.07, 6.45) is 4.20. The van der Waals surface area contributed by atoms with Gasteiger partial charge in [-0.3, -0.25) is 0 Å². The molecule has 82 valence electrons. The second-order valence-electron chi connectivity index (χ2n) is 4.14. The predicted molar refractivity (Wildman–Crippen MR) is 63.4 cm³/mol. The average Bonchev–Trinajstić information content (AvgIpc) is 2.19. The fourth-order valence-electron chi connectivity index (χ4n) is 1.79. The van der Waals surface area contributed by atoms with Crippen LogP contribution in [0.5, 0.6) is 5.75 Å². The number of hydrogen-bond acceptors (Lipinski definition) is 2. The quantitative estimate of drug-likeness (QED) is 0.796. The van der Waals surface area contributed by atoms with E-state index in [-0.39, 0.29) is 0 Å². The molecule has 0 aliphatic heterocycles. The zero-order valence-corrected chi connectivity index (χ0v) is 9.33. The smallest absolute Gasteiger partial charge is 0.119 e. The molecule has 15 heavy (non-hydrogen) atoms. The van der Waals surface area contributed by atoms with Crippen LogP contribution in [-0.2, 0) is 0 Å². The summed E-state index contributed by atoms with van der Waals surface area (Å²) in [5.41, 5.74) is 1.20. The fraction of sp³-hybridized carbons (Fsp3) is 0.538. The van der Waals surface area contributed by atoms with Gasteiger partial charge in [-0.25, -0.2) is 0 Å². The van der Waals surface area contributed by atoms with Gasteiger partial charge in [0.2, 0.25) is 0 Å². The third-order valence-corrected chi connectivity index (χ3v) is 2.98. The van der Waals surface area contributed by atoms with Gasteiger partial charge in [0.15, 0.2) is 0 Å². The minimum absolute atomic E-state index is 0.731. The fourth-order valence-corrected chi connectivity index (χ4v) is 1.79. The molecule has 0 saturated heterocycles. The summed E-state index contributed by atoms with van der Waals surface area (Å²) in [5, 5.41) is 3.46. The van der Waals surface area contributed by atoms with E-state index >= 15 is 0 Å². The van der Waals surface area contributed by atoms with E-state index in [1.165, 1.54) is 24.9 Å². The Labute approximate surface area is 91.6 Å². The van der Waals surface area contributed by atoms with Gasteiger partial charge in [0.25, 0.3) is 0 Å². The van der Waals surface area contributed by atoms with Crippen molar-refractivity contribution in [1.29, 1.82) is 0 Å². The zero-order chi connectivity index (χ0) is 10.5. The second-order valence-corrected chi connectivity index (χ2v) is 4.14. The monoisotopic (exact) mass is 205 g/mol. The molecular weight excluding hydrogens is 186 g/mol. The Hall–Kier alpha value is -1.18. The highest BCUT2D eigenvalue weighted by atomic mass is 16.5. The molecule has 1 aliphatic carbocycles. The van der Waals surface area contributed by atoms with E-state index in [2.05, 4.69) is 17.4 Å². The van der Waals surface area contributed by atoms with Crippen molar-refractivity contribution in [2.75, 3.05) is 18.5 Å². The minimum atomic E-state index is 0.731. The molecule has 0 radical (unpaired) electrons. The Morgan fingerprint density at radius 3 is 2.53 bits per heavy atom. The third kappa shape index (κ3) is 2.88. The summed E-state index contributed by atoms with van der Waals surface area (Å²) in [5.74, 6) is 1.85. The van der Waals surface area contributed by atoms with Gasteiger partial charge >= 0.3 is 0 Å². The van der Waals surface area contributed by atoms with Gasteiger partial charge in [-0.2, -0.15) is 0 Å². The Morgan fingerprint density at radius 1 is 1.27 bits per heavy atom. The van der Waals surface area contributed by atoms with E-state index in [1.807, 2.05) is 19.1 Å². The second kappa shape index (κ2) is 5.06. The first-order valence-corrected chi connectivity index (χ1v) is 5.85. The molecule has 1 aromatic carbocycles. The van der Waals surface area contributed by atoms with Crippen molar-refractivity contribution >= 4 is 5.69 Å². The molecule has 0 heterocycles. The molecule has 2 nitrogen and oxygen atoms in total. The van der Waals surface area contributed by atoms with Crippen LogP contribution in [0.3, 0.4) is 0 Å². The van der Waals surface area contributed by atoms with Gasteiger partial charge in [-0.05, 0) is 49.9 Å². The standard InChI is InChI=1S/C13H19NO/c1-2-15-13-8-6-12(7-9-13)14-10-11-4-3-5-11/h6-9,11,14H,2-5,10H2,1H3. The highest BCUT2D eigenvalue weighted by Gasteiger charge is 2.16. The first-order chi connectivity index (χ1) is 7.38. The summed E-state index contributed by atoms with van der Waals surface area (Å²) < 4.78 is 5.39. The van der Waals surface area contributed by atoms with Gasteiger partial charge in [-0.1, -0.05) is 6.42 Å². The van der Waals surface area contributed by atoms with Crippen molar-refractivity contribution in [1.82, 2.24) is 0 Å². The van der Waals surface area contributed by atoms with Gasteiger partial charge in [-0.15, -0.1) is 0 Å². The summed E-state index contributed by atoms with van der Waals surface area (Å²) in [6.45, 7) is 3.85. The molecule has 0 atom stereocenters. The van der Waals surface area contributed by atoms with Gasteiger partial charge in [0.1, 0.15) is 5.75 Å². The van der Waals surface area contributed by atoms with E-state index in [1.54, 1.807) is 0 Å². The molecule has 2 heteroatoms. The van der Waals surface area contributed by atoms with Gasteiger partial charge < -0.3 is 10.1 Å². The number of ether oxygens (including phenoxy) is 1. The molecule has 1 aliphatic rings. The molecule has 0 aromatic heterocycles. The molecule has 0 amide bonds. The molecule has 1 N–H and O–H groups in total. The maximum Gasteiger partial charge on any atom is 0.119 e. The zero-order valence-electron chi connectivity index (χ0n) is 9.33. The molecule has 1 aromatic rings. The molecule has 1 saturated carbocycles.